The van der Waals surface area contributed by atoms with Gasteiger partial charge in [0.2, 0.25) is 0 Å². The first-order chi connectivity index (χ1) is 9.20. The van der Waals surface area contributed by atoms with Crippen LogP contribution in [-0.4, -0.2) is 19.1 Å². The maximum Gasteiger partial charge on any atom is 0.328 e. The fourth-order valence-corrected chi connectivity index (χ4v) is 4.04. The molecular formula is C14H20BrNO2S. The first-order valence-corrected chi connectivity index (χ1v) is 8.46. The van der Waals surface area contributed by atoms with Gasteiger partial charge in [-0.3, -0.25) is 5.32 Å². The van der Waals surface area contributed by atoms with Gasteiger partial charge in [-0.2, -0.15) is 0 Å². The second-order valence-corrected chi connectivity index (χ2v) is 6.84. The van der Waals surface area contributed by atoms with Crippen LogP contribution in [0.25, 0.3) is 0 Å². The monoisotopic (exact) mass is 345 g/mol. The molecule has 1 saturated carbocycles. The number of carbonyl (C=O) groups excluding carboxylic acids is 1. The highest BCUT2D eigenvalue weighted by Crippen LogP contribution is 2.28. The SMILES string of the molecule is COC(=O)C(NC1CCCCCC1)c1cc(Br)cs1. The summed E-state index contributed by atoms with van der Waals surface area (Å²) in [7, 11) is 1.45. The predicted octanol–water partition coefficient (Wildman–Crippen LogP) is 4.04. The summed E-state index contributed by atoms with van der Waals surface area (Å²) in [5.74, 6) is -0.196. The molecule has 106 valence electrons. The highest BCUT2D eigenvalue weighted by molar-refractivity contribution is 9.10. The lowest BCUT2D eigenvalue weighted by molar-refractivity contribution is -0.143. The number of carbonyl (C=O) groups is 1. The molecule has 1 heterocycles. The summed E-state index contributed by atoms with van der Waals surface area (Å²) >= 11 is 5.02. The summed E-state index contributed by atoms with van der Waals surface area (Å²) in [4.78, 5) is 13.0. The fraction of sp³-hybridized carbons (Fsp3) is 0.643. The largest absolute Gasteiger partial charge is 0.468 e. The fourth-order valence-electron chi connectivity index (χ4n) is 2.55. The second kappa shape index (κ2) is 7.41. The lowest BCUT2D eigenvalue weighted by atomic mass is 10.1. The molecule has 3 nitrogen and oxygen atoms in total. The molecule has 1 fully saturated rings. The van der Waals surface area contributed by atoms with E-state index in [9.17, 15) is 4.79 Å². The summed E-state index contributed by atoms with van der Waals surface area (Å²) in [5.41, 5.74) is 0. The molecule has 5 heteroatoms. The Balaban J connectivity index is 2.07. The standard InChI is InChI=1S/C14H20BrNO2S/c1-18-14(17)13(12-8-10(15)9-19-12)16-11-6-4-2-3-5-7-11/h8-9,11,13,16H,2-7H2,1H3. The normalized spacial score (nSPS) is 18.8. The van der Waals surface area contributed by atoms with Gasteiger partial charge in [0.1, 0.15) is 6.04 Å². The zero-order valence-electron chi connectivity index (χ0n) is 11.2. The van der Waals surface area contributed by atoms with Crippen molar-refractivity contribution in [2.75, 3.05) is 7.11 Å². The number of hydrogen-bond acceptors (Lipinski definition) is 4. The van der Waals surface area contributed by atoms with E-state index >= 15 is 0 Å². The number of esters is 1. The number of rotatable bonds is 4. The molecule has 1 aromatic heterocycles. The van der Waals surface area contributed by atoms with Gasteiger partial charge in [-0.25, -0.2) is 4.79 Å². The third-order valence-electron chi connectivity index (χ3n) is 3.57. The molecule has 1 aliphatic carbocycles. The van der Waals surface area contributed by atoms with Crippen molar-refractivity contribution in [3.8, 4) is 0 Å². The van der Waals surface area contributed by atoms with Crippen molar-refractivity contribution in [2.45, 2.75) is 50.6 Å². The Kier molecular flexibility index (Phi) is 5.85. The van der Waals surface area contributed by atoms with Gasteiger partial charge in [0.25, 0.3) is 0 Å². The van der Waals surface area contributed by atoms with Crippen molar-refractivity contribution in [1.82, 2.24) is 5.32 Å². The molecule has 2 rings (SSSR count). The molecular weight excluding hydrogens is 326 g/mol. The van der Waals surface area contributed by atoms with E-state index < -0.39 is 0 Å². The number of methoxy groups -OCH3 is 1. The van der Waals surface area contributed by atoms with Crippen molar-refractivity contribution >= 4 is 33.2 Å². The molecule has 19 heavy (non-hydrogen) atoms. The smallest absolute Gasteiger partial charge is 0.328 e. The van der Waals surface area contributed by atoms with Gasteiger partial charge in [0, 0.05) is 20.8 Å². The molecule has 0 radical (unpaired) electrons. The molecule has 0 saturated heterocycles. The van der Waals surface area contributed by atoms with Gasteiger partial charge in [-0.15, -0.1) is 11.3 Å². The zero-order chi connectivity index (χ0) is 13.7. The van der Waals surface area contributed by atoms with Crippen LogP contribution in [-0.2, 0) is 9.53 Å². The molecule has 0 spiro atoms. The Morgan fingerprint density at radius 3 is 2.63 bits per heavy atom. The molecule has 1 aliphatic rings. The molecule has 1 aromatic rings. The zero-order valence-corrected chi connectivity index (χ0v) is 13.6. The quantitative estimate of drug-likeness (QED) is 0.661. The Bertz CT molecular complexity index is 413. The van der Waals surface area contributed by atoms with E-state index in [1.165, 1.54) is 32.8 Å². The average Bonchev–Trinajstić information content (AvgIpc) is 2.68. The van der Waals surface area contributed by atoms with Crippen LogP contribution in [0.15, 0.2) is 15.9 Å². The van der Waals surface area contributed by atoms with E-state index in [1.807, 2.05) is 11.4 Å². The van der Waals surface area contributed by atoms with Gasteiger partial charge >= 0.3 is 5.97 Å². The maximum absolute atomic E-state index is 12.0. The summed E-state index contributed by atoms with van der Waals surface area (Å²) in [6.45, 7) is 0. The molecule has 0 aliphatic heterocycles. The first-order valence-electron chi connectivity index (χ1n) is 6.78. The van der Waals surface area contributed by atoms with E-state index in [2.05, 4.69) is 21.2 Å². The van der Waals surface area contributed by atoms with Crippen molar-refractivity contribution in [3.63, 3.8) is 0 Å². The summed E-state index contributed by atoms with van der Waals surface area (Å²) < 4.78 is 5.96. The first kappa shape index (κ1) is 15.0. The van der Waals surface area contributed by atoms with E-state index in [4.69, 9.17) is 4.74 Å². The molecule has 1 atom stereocenters. The summed E-state index contributed by atoms with van der Waals surface area (Å²) in [6, 6.07) is 2.09. The predicted molar refractivity (Wildman–Crippen MR) is 81.4 cm³/mol. The van der Waals surface area contributed by atoms with Crippen LogP contribution in [0.2, 0.25) is 0 Å². The number of thiophene rings is 1. The van der Waals surface area contributed by atoms with E-state index in [0.29, 0.717) is 6.04 Å². The van der Waals surface area contributed by atoms with Crippen LogP contribution < -0.4 is 5.32 Å². The van der Waals surface area contributed by atoms with Crippen LogP contribution in [0.3, 0.4) is 0 Å². The van der Waals surface area contributed by atoms with Crippen molar-refractivity contribution in [3.05, 3.63) is 20.8 Å². The summed E-state index contributed by atoms with van der Waals surface area (Å²) in [6.07, 6.45) is 7.43. The lowest BCUT2D eigenvalue weighted by Gasteiger charge is -2.22. The van der Waals surface area contributed by atoms with Gasteiger partial charge in [-0.05, 0) is 34.8 Å². The molecule has 1 unspecified atom stereocenters. The Labute approximate surface area is 126 Å². The summed E-state index contributed by atoms with van der Waals surface area (Å²) in [5, 5.41) is 5.49. The number of halogens is 1. The highest BCUT2D eigenvalue weighted by Gasteiger charge is 2.26. The Morgan fingerprint density at radius 2 is 2.11 bits per heavy atom. The minimum Gasteiger partial charge on any atom is -0.468 e. The number of ether oxygens (including phenoxy) is 1. The van der Waals surface area contributed by atoms with Gasteiger partial charge < -0.3 is 4.74 Å². The van der Waals surface area contributed by atoms with Gasteiger partial charge in [-0.1, -0.05) is 25.7 Å². The Hall–Kier alpha value is -0.390. The van der Waals surface area contributed by atoms with Crippen LogP contribution in [0.5, 0.6) is 0 Å². The van der Waals surface area contributed by atoms with E-state index in [0.717, 1.165) is 22.2 Å². The minimum atomic E-state index is -0.329. The van der Waals surface area contributed by atoms with Crippen molar-refractivity contribution in [1.29, 1.82) is 0 Å². The molecule has 1 N–H and O–H groups in total. The van der Waals surface area contributed by atoms with Crippen LogP contribution in [0.4, 0.5) is 0 Å². The van der Waals surface area contributed by atoms with Crippen LogP contribution in [0, 0.1) is 0 Å². The second-order valence-electron chi connectivity index (χ2n) is 4.98. The third-order valence-corrected chi connectivity index (χ3v) is 5.33. The highest BCUT2D eigenvalue weighted by atomic mass is 79.9. The van der Waals surface area contributed by atoms with Crippen LogP contribution >= 0.6 is 27.3 Å². The van der Waals surface area contributed by atoms with Gasteiger partial charge in [0.15, 0.2) is 0 Å². The minimum absolute atomic E-state index is 0.196. The average molecular weight is 346 g/mol. The number of hydrogen-bond donors (Lipinski definition) is 1. The third kappa shape index (κ3) is 4.29. The topological polar surface area (TPSA) is 38.3 Å². The van der Waals surface area contributed by atoms with Gasteiger partial charge in [0.05, 0.1) is 7.11 Å². The number of nitrogens with one attached hydrogen (secondary N) is 1. The molecule has 0 aromatic carbocycles. The van der Waals surface area contributed by atoms with E-state index in [-0.39, 0.29) is 12.0 Å². The maximum atomic E-state index is 12.0. The van der Waals surface area contributed by atoms with Crippen LogP contribution in [0.1, 0.15) is 49.4 Å². The van der Waals surface area contributed by atoms with Crippen molar-refractivity contribution in [2.24, 2.45) is 0 Å². The Morgan fingerprint density at radius 1 is 1.42 bits per heavy atom. The molecule has 0 bridgehead atoms. The van der Waals surface area contributed by atoms with Crippen molar-refractivity contribution < 1.29 is 9.53 Å². The molecule has 0 amide bonds. The lowest BCUT2D eigenvalue weighted by Crippen LogP contribution is -2.37. The van der Waals surface area contributed by atoms with E-state index in [1.54, 1.807) is 11.3 Å².